The predicted molar refractivity (Wildman–Crippen MR) is 71.5 cm³/mol. The molecule has 0 aliphatic rings. The molecule has 0 bridgehead atoms. The van der Waals surface area contributed by atoms with Gasteiger partial charge in [-0.2, -0.15) is 4.57 Å². The zero-order chi connectivity index (χ0) is 13.0. The fraction of sp³-hybridized carbons (Fsp3) is 0.250. The Morgan fingerprint density at radius 3 is 2.16 bits per heavy atom. The van der Waals surface area contributed by atoms with E-state index in [0.29, 0.717) is 12.5 Å². The molecule has 3 heteroatoms. The Kier molecular flexibility index (Phi) is 5.71. The van der Waals surface area contributed by atoms with Crippen molar-refractivity contribution in [2.45, 2.75) is 26.3 Å². The minimum Gasteiger partial charge on any atom is -1.00 e. The molecule has 0 fully saturated rings. The maximum atomic E-state index is 12.1. The number of carbonyl (C=O) groups excluding carboxylic acids is 1. The standard InChI is InChI=1S/C16H18NO.ClH/c1-13(2)14-6-8-15(9-7-14)16(18)12-17-10-4-3-5-11-17;/h3-11,13H,12H2,1-2H3;1H/q+1;/p-1. The van der Waals surface area contributed by atoms with Crippen molar-refractivity contribution >= 4 is 5.78 Å². The van der Waals surface area contributed by atoms with Crippen LogP contribution in [-0.2, 0) is 6.54 Å². The van der Waals surface area contributed by atoms with Gasteiger partial charge in [-0.3, -0.25) is 4.79 Å². The largest absolute Gasteiger partial charge is 1.00 e. The number of hydrogen-bond acceptors (Lipinski definition) is 1. The van der Waals surface area contributed by atoms with E-state index in [4.69, 9.17) is 0 Å². The SMILES string of the molecule is CC(C)c1ccc(C(=O)C[n+]2ccccc2)cc1.[Cl-]. The molecule has 19 heavy (non-hydrogen) atoms. The maximum absolute atomic E-state index is 12.1. The summed E-state index contributed by atoms with van der Waals surface area (Å²) in [4.78, 5) is 12.1. The Labute approximate surface area is 120 Å². The Morgan fingerprint density at radius 2 is 1.63 bits per heavy atom. The smallest absolute Gasteiger partial charge is 0.227 e. The summed E-state index contributed by atoms with van der Waals surface area (Å²) in [5.41, 5.74) is 2.04. The van der Waals surface area contributed by atoms with Crippen LogP contribution in [0.5, 0.6) is 0 Å². The molecule has 0 atom stereocenters. The van der Waals surface area contributed by atoms with Crippen LogP contribution in [0, 0.1) is 0 Å². The highest BCUT2D eigenvalue weighted by Crippen LogP contribution is 2.14. The Bertz CT molecular complexity index is 520. The molecule has 2 rings (SSSR count). The molecule has 0 unspecified atom stereocenters. The lowest BCUT2D eigenvalue weighted by atomic mass is 10.0. The molecule has 0 saturated heterocycles. The number of pyridine rings is 1. The second-order valence-corrected chi connectivity index (χ2v) is 4.75. The number of rotatable bonds is 4. The summed E-state index contributed by atoms with van der Waals surface area (Å²) < 4.78 is 1.89. The van der Waals surface area contributed by atoms with Gasteiger partial charge < -0.3 is 12.4 Å². The quantitative estimate of drug-likeness (QED) is 0.568. The average molecular weight is 276 g/mol. The molecule has 1 aromatic carbocycles. The molecular weight excluding hydrogens is 258 g/mol. The molecule has 2 nitrogen and oxygen atoms in total. The van der Waals surface area contributed by atoms with E-state index in [1.165, 1.54) is 5.56 Å². The Hall–Kier alpha value is -1.67. The van der Waals surface area contributed by atoms with Crippen LogP contribution in [0.25, 0.3) is 0 Å². The van der Waals surface area contributed by atoms with Gasteiger partial charge in [0.05, 0.1) is 0 Å². The van der Waals surface area contributed by atoms with Crippen molar-refractivity contribution < 1.29 is 21.8 Å². The van der Waals surface area contributed by atoms with E-state index >= 15 is 0 Å². The first-order chi connectivity index (χ1) is 8.66. The topological polar surface area (TPSA) is 20.9 Å². The first kappa shape index (κ1) is 15.4. The molecule has 0 radical (unpaired) electrons. The third kappa shape index (κ3) is 4.18. The summed E-state index contributed by atoms with van der Waals surface area (Å²) in [6.07, 6.45) is 3.81. The second kappa shape index (κ2) is 7.05. The summed E-state index contributed by atoms with van der Waals surface area (Å²) in [6, 6.07) is 13.7. The molecular formula is C16H18ClNO. The monoisotopic (exact) mass is 275 g/mol. The van der Waals surface area contributed by atoms with Gasteiger partial charge in [0, 0.05) is 17.7 Å². The lowest BCUT2D eigenvalue weighted by molar-refractivity contribution is -0.683. The summed E-state index contributed by atoms with van der Waals surface area (Å²) in [5, 5.41) is 0. The highest BCUT2D eigenvalue weighted by molar-refractivity contribution is 5.95. The zero-order valence-corrected chi connectivity index (χ0v) is 12.0. The average Bonchev–Trinajstić information content (AvgIpc) is 2.40. The van der Waals surface area contributed by atoms with Gasteiger partial charge in [0.15, 0.2) is 12.4 Å². The van der Waals surface area contributed by atoms with Crippen molar-refractivity contribution in [3.05, 3.63) is 66.0 Å². The van der Waals surface area contributed by atoms with Crippen molar-refractivity contribution in [1.82, 2.24) is 0 Å². The van der Waals surface area contributed by atoms with Crippen LogP contribution >= 0.6 is 0 Å². The van der Waals surface area contributed by atoms with Crippen LogP contribution in [0.3, 0.4) is 0 Å². The fourth-order valence-corrected chi connectivity index (χ4v) is 1.85. The van der Waals surface area contributed by atoms with Gasteiger partial charge in [-0.05, 0) is 11.5 Å². The summed E-state index contributed by atoms with van der Waals surface area (Å²) in [6.45, 7) is 4.69. The first-order valence-electron chi connectivity index (χ1n) is 6.24. The van der Waals surface area contributed by atoms with Crippen molar-refractivity contribution in [3.63, 3.8) is 0 Å². The third-order valence-electron chi connectivity index (χ3n) is 3.00. The van der Waals surface area contributed by atoms with Gasteiger partial charge in [-0.1, -0.05) is 44.2 Å². The van der Waals surface area contributed by atoms with Gasteiger partial charge in [-0.25, -0.2) is 0 Å². The minimum atomic E-state index is 0. The molecule has 2 aromatic rings. The number of nitrogens with zero attached hydrogens (tertiary/aromatic N) is 1. The minimum absolute atomic E-state index is 0. The van der Waals surface area contributed by atoms with Crippen LogP contribution < -0.4 is 17.0 Å². The molecule has 0 saturated carbocycles. The number of halogens is 1. The molecule has 100 valence electrons. The van der Waals surface area contributed by atoms with Crippen LogP contribution in [0.4, 0.5) is 0 Å². The molecule has 0 N–H and O–H groups in total. The van der Waals surface area contributed by atoms with Crippen molar-refractivity contribution in [2.24, 2.45) is 0 Å². The van der Waals surface area contributed by atoms with Crippen molar-refractivity contribution in [3.8, 4) is 0 Å². The number of benzene rings is 1. The normalized spacial score (nSPS) is 10.1. The van der Waals surface area contributed by atoms with Crippen molar-refractivity contribution in [1.29, 1.82) is 0 Å². The highest BCUT2D eigenvalue weighted by Gasteiger charge is 2.11. The molecule has 0 aliphatic carbocycles. The van der Waals surface area contributed by atoms with Crippen LogP contribution in [0.2, 0.25) is 0 Å². The highest BCUT2D eigenvalue weighted by atomic mass is 35.5. The number of Topliss-reactive ketones (excluding diaryl/α,β-unsaturated/α-hetero) is 1. The maximum Gasteiger partial charge on any atom is 0.227 e. The zero-order valence-electron chi connectivity index (χ0n) is 11.2. The van der Waals surface area contributed by atoms with Gasteiger partial charge in [-0.15, -0.1) is 0 Å². The van der Waals surface area contributed by atoms with E-state index in [2.05, 4.69) is 13.8 Å². The summed E-state index contributed by atoms with van der Waals surface area (Å²) in [5.74, 6) is 0.638. The van der Waals surface area contributed by atoms with E-state index in [9.17, 15) is 4.79 Å². The number of carbonyl (C=O) groups is 1. The summed E-state index contributed by atoms with van der Waals surface area (Å²) >= 11 is 0. The van der Waals surface area contributed by atoms with E-state index in [0.717, 1.165) is 5.56 Å². The fourth-order valence-electron chi connectivity index (χ4n) is 1.85. The lowest BCUT2D eigenvalue weighted by Crippen LogP contribution is -3.00. The lowest BCUT2D eigenvalue weighted by Gasteiger charge is -2.05. The van der Waals surface area contributed by atoms with Gasteiger partial charge >= 0.3 is 0 Å². The van der Waals surface area contributed by atoms with E-state index in [1.807, 2.05) is 59.4 Å². The molecule has 0 aliphatic heterocycles. The van der Waals surface area contributed by atoms with Crippen LogP contribution in [0.1, 0.15) is 35.7 Å². The molecule has 0 spiro atoms. The van der Waals surface area contributed by atoms with Gasteiger partial charge in [0.25, 0.3) is 0 Å². The number of aromatic nitrogens is 1. The van der Waals surface area contributed by atoms with E-state index < -0.39 is 0 Å². The van der Waals surface area contributed by atoms with E-state index in [-0.39, 0.29) is 18.2 Å². The van der Waals surface area contributed by atoms with Crippen LogP contribution in [0.15, 0.2) is 54.9 Å². The third-order valence-corrected chi connectivity index (χ3v) is 3.00. The summed E-state index contributed by atoms with van der Waals surface area (Å²) in [7, 11) is 0. The second-order valence-electron chi connectivity index (χ2n) is 4.75. The molecule has 1 heterocycles. The first-order valence-corrected chi connectivity index (χ1v) is 6.24. The number of ketones is 1. The van der Waals surface area contributed by atoms with Gasteiger partial charge in [0.1, 0.15) is 0 Å². The van der Waals surface area contributed by atoms with E-state index in [1.54, 1.807) is 0 Å². The Morgan fingerprint density at radius 1 is 1.05 bits per heavy atom. The Balaban J connectivity index is 0.00000180. The molecule has 1 aromatic heterocycles. The molecule has 0 amide bonds. The predicted octanol–water partition coefficient (Wildman–Crippen LogP) is -0.0156. The van der Waals surface area contributed by atoms with Crippen LogP contribution in [-0.4, -0.2) is 5.78 Å². The van der Waals surface area contributed by atoms with Gasteiger partial charge in [0.2, 0.25) is 12.3 Å². The van der Waals surface area contributed by atoms with Crippen molar-refractivity contribution in [2.75, 3.05) is 0 Å². The number of hydrogen-bond donors (Lipinski definition) is 0.